The molecule has 0 atom stereocenters. The fraction of sp³-hybridized carbons (Fsp3) is 0.471. The lowest BCUT2D eigenvalue weighted by atomic mass is 9.76. The molecule has 0 aliphatic heterocycles. The molecular formula is C17H20Br2N2O3. The summed E-state index contributed by atoms with van der Waals surface area (Å²) in [6, 6.07) is 3.77. The fourth-order valence-electron chi connectivity index (χ4n) is 2.76. The molecule has 0 bridgehead atoms. The number of benzene rings is 1. The molecule has 0 heterocycles. The fourth-order valence-corrected chi connectivity index (χ4v) is 4.32. The summed E-state index contributed by atoms with van der Waals surface area (Å²) in [5.41, 5.74) is 4.00. The van der Waals surface area contributed by atoms with Gasteiger partial charge in [-0.1, -0.05) is 29.8 Å². The molecule has 0 spiro atoms. The molecule has 1 aromatic carbocycles. The molecule has 1 aliphatic rings. The Morgan fingerprint density at radius 1 is 1.33 bits per heavy atom. The molecule has 1 N–H and O–H groups in total. The maximum absolute atomic E-state index is 11.9. The van der Waals surface area contributed by atoms with Gasteiger partial charge in [-0.05, 0) is 52.4 Å². The van der Waals surface area contributed by atoms with E-state index in [0.717, 1.165) is 14.5 Å². The van der Waals surface area contributed by atoms with Crippen molar-refractivity contribution in [2.75, 3.05) is 6.61 Å². The number of carbonyl (C=O) groups is 2. The molecule has 2 rings (SSSR count). The van der Waals surface area contributed by atoms with Gasteiger partial charge in [-0.3, -0.25) is 9.59 Å². The van der Waals surface area contributed by atoms with Crippen molar-refractivity contribution < 1.29 is 14.3 Å². The third-order valence-electron chi connectivity index (χ3n) is 3.64. The van der Waals surface area contributed by atoms with Gasteiger partial charge in [-0.25, -0.2) is 5.43 Å². The van der Waals surface area contributed by atoms with Gasteiger partial charge in [0.1, 0.15) is 11.5 Å². The highest BCUT2D eigenvalue weighted by atomic mass is 79.9. The first kappa shape index (κ1) is 19.1. The Labute approximate surface area is 158 Å². The molecule has 1 aromatic rings. The molecule has 1 saturated carbocycles. The number of hydrazone groups is 1. The maximum Gasteiger partial charge on any atom is 0.277 e. The van der Waals surface area contributed by atoms with Gasteiger partial charge in [0.25, 0.3) is 5.91 Å². The Balaban J connectivity index is 1.92. The standard InChI is InChI=1S/C17H20Br2N2O3/c1-10-4-11(18)5-14(19)16(10)24-9-15(23)21-20-12-6-13(22)8-17(2,3)7-12/h4-5H,6-9H2,1-3H3,(H,21,23)/b20-12+. The average molecular weight is 460 g/mol. The first-order valence-corrected chi connectivity index (χ1v) is 9.19. The van der Waals surface area contributed by atoms with Crippen LogP contribution in [0.4, 0.5) is 0 Å². The number of hydrogen-bond acceptors (Lipinski definition) is 4. The minimum Gasteiger partial charge on any atom is -0.482 e. The van der Waals surface area contributed by atoms with Gasteiger partial charge in [0, 0.05) is 23.0 Å². The predicted octanol–water partition coefficient (Wildman–Crippen LogP) is 4.15. The molecule has 1 amide bonds. The van der Waals surface area contributed by atoms with Crippen molar-refractivity contribution in [3.63, 3.8) is 0 Å². The van der Waals surface area contributed by atoms with Crippen molar-refractivity contribution in [1.82, 2.24) is 5.43 Å². The van der Waals surface area contributed by atoms with Crippen LogP contribution in [0.1, 0.15) is 38.7 Å². The Morgan fingerprint density at radius 2 is 2.04 bits per heavy atom. The average Bonchev–Trinajstić information content (AvgIpc) is 2.41. The zero-order valence-corrected chi connectivity index (χ0v) is 17.1. The zero-order valence-electron chi connectivity index (χ0n) is 13.9. The topological polar surface area (TPSA) is 67.8 Å². The predicted molar refractivity (Wildman–Crippen MR) is 100 cm³/mol. The normalized spacial score (nSPS) is 18.5. The molecule has 0 unspecified atom stereocenters. The van der Waals surface area contributed by atoms with E-state index in [4.69, 9.17) is 4.74 Å². The number of nitrogens with one attached hydrogen (secondary N) is 1. The van der Waals surface area contributed by atoms with Crippen LogP contribution in [0.15, 0.2) is 26.2 Å². The van der Waals surface area contributed by atoms with Gasteiger partial charge in [-0.15, -0.1) is 0 Å². The van der Waals surface area contributed by atoms with Gasteiger partial charge < -0.3 is 4.74 Å². The number of ether oxygens (including phenoxy) is 1. The van der Waals surface area contributed by atoms with E-state index in [-0.39, 0.29) is 23.7 Å². The van der Waals surface area contributed by atoms with Crippen LogP contribution < -0.4 is 10.2 Å². The maximum atomic E-state index is 11.9. The lowest BCUT2D eigenvalue weighted by molar-refractivity contribution is -0.123. The first-order chi connectivity index (χ1) is 11.2. The monoisotopic (exact) mass is 458 g/mol. The molecule has 7 heteroatoms. The van der Waals surface area contributed by atoms with E-state index in [1.807, 2.05) is 32.9 Å². The molecule has 24 heavy (non-hydrogen) atoms. The number of amides is 1. The summed E-state index contributed by atoms with van der Waals surface area (Å²) in [5.74, 6) is 0.424. The molecule has 1 fully saturated rings. The summed E-state index contributed by atoms with van der Waals surface area (Å²) in [6.45, 7) is 5.81. The third kappa shape index (κ3) is 5.41. The number of hydrogen-bond donors (Lipinski definition) is 1. The van der Waals surface area contributed by atoms with E-state index in [1.54, 1.807) is 0 Å². The van der Waals surface area contributed by atoms with Crippen LogP contribution >= 0.6 is 31.9 Å². The summed E-state index contributed by atoms with van der Waals surface area (Å²) < 4.78 is 7.27. The van der Waals surface area contributed by atoms with Crippen LogP contribution in [0.25, 0.3) is 0 Å². The summed E-state index contributed by atoms with van der Waals surface area (Å²) in [5, 5.41) is 4.10. The van der Waals surface area contributed by atoms with Crippen molar-refractivity contribution in [2.45, 2.75) is 40.0 Å². The van der Waals surface area contributed by atoms with E-state index in [0.29, 0.717) is 30.7 Å². The van der Waals surface area contributed by atoms with Gasteiger partial charge in [0.15, 0.2) is 6.61 Å². The largest absolute Gasteiger partial charge is 0.482 e. The lowest BCUT2D eigenvalue weighted by Crippen LogP contribution is -2.32. The number of ketones is 1. The minimum absolute atomic E-state index is 0.102. The van der Waals surface area contributed by atoms with Gasteiger partial charge >= 0.3 is 0 Å². The quantitative estimate of drug-likeness (QED) is 0.687. The Kier molecular flexibility index (Phi) is 6.20. The van der Waals surface area contributed by atoms with Gasteiger partial charge in [0.05, 0.1) is 4.47 Å². The molecule has 0 radical (unpaired) electrons. The smallest absolute Gasteiger partial charge is 0.277 e. The van der Waals surface area contributed by atoms with Gasteiger partial charge in [0.2, 0.25) is 0 Å². The number of aryl methyl sites for hydroxylation is 1. The number of halogens is 2. The molecule has 130 valence electrons. The van der Waals surface area contributed by atoms with Crippen LogP contribution in [0.5, 0.6) is 5.75 Å². The van der Waals surface area contributed by atoms with Crippen LogP contribution in [-0.4, -0.2) is 24.0 Å². The van der Waals surface area contributed by atoms with Crippen LogP contribution in [-0.2, 0) is 9.59 Å². The molecule has 0 saturated heterocycles. The summed E-state index contributed by atoms with van der Waals surface area (Å²) >= 11 is 6.82. The number of carbonyl (C=O) groups excluding carboxylic acids is 2. The second-order valence-corrected chi connectivity index (χ2v) is 8.54. The number of Topliss-reactive ketones (excluding diaryl/α,β-unsaturated/α-hetero) is 1. The number of nitrogens with zero attached hydrogens (tertiary/aromatic N) is 1. The van der Waals surface area contributed by atoms with E-state index in [2.05, 4.69) is 42.4 Å². The molecule has 5 nitrogen and oxygen atoms in total. The van der Waals surface area contributed by atoms with Crippen LogP contribution in [0, 0.1) is 12.3 Å². The van der Waals surface area contributed by atoms with E-state index >= 15 is 0 Å². The SMILES string of the molecule is Cc1cc(Br)cc(Br)c1OCC(=O)N/N=C1\CC(=O)CC(C)(C)C1. The minimum atomic E-state index is -0.354. The van der Waals surface area contributed by atoms with Gasteiger partial charge in [-0.2, -0.15) is 5.10 Å². The highest BCUT2D eigenvalue weighted by Crippen LogP contribution is 2.33. The summed E-state index contributed by atoms with van der Waals surface area (Å²) in [4.78, 5) is 23.7. The summed E-state index contributed by atoms with van der Waals surface area (Å²) in [6.07, 6.45) is 1.57. The second kappa shape index (κ2) is 7.78. The number of rotatable bonds is 4. The highest BCUT2D eigenvalue weighted by molar-refractivity contribution is 9.11. The van der Waals surface area contributed by atoms with E-state index < -0.39 is 0 Å². The van der Waals surface area contributed by atoms with Crippen LogP contribution in [0.3, 0.4) is 0 Å². The lowest BCUT2D eigenvalue weighted by Gasteiger charge is -2.28. The summed E-state index contributed by atoms with van der Waals surface area (Å²) in [7, 11) is 0. The Hall–Kier alpha value is -1.21. The van der Waals surface area contributed by atoms with Crippen molar-refractivity contribution in [2.24, 2.45) is 10.5 Å². The van der Waals surface area contributed by atoms with Crippen molar-refractivity contribution in [1.29, 1.82) is 0 Å². The van der Waals surface area contributed by atoms with Crippen LogP contribution in [0.2, 0.25) is 0 Å². The van der Waals surface area contributed by atoms with E-state index in [1.165, 1.54) is 0 Å². The van der Waals surface area contributed by atoms with Crippen molar-refractivity contribution in [3.8, 4) is 5.75 Å². The van der Waals surface area contributed by atoms with Crippen molar-refractivity contribution >= 4 is 49.3 Å². The Morgan fingerprint density at radius 3 is 2.67 bits per heavy atom. The Bertz CT molecular complexity index is 676. The molecule has 1 aliphatic carbocycles. The second-order valence-electron chi connectivity index (χ2n) is 6.77. The molecular weight excluding hydrogens is 440 g/mol. The zero-order chi connectivity index (χ0) is 17.9. The first-order valence-electron chi connectivity index (χ1n) is 7.61. The molecule has 0 aromatic heterocycles. The third-order valence-corrected chi connectivity index (χ3v) is 4.69. The van der Waals surface area contributed by atoms with Crippen molar-refractivity contribution in [3.05, 3.63) is 26.6 Å². The van der Waals surface area contributed by atoms with E-state index in [9.17, 15) is 9.59 Å². The highest BCUT2D eigenvalue weighted by Gasteiger charge is 2.30.